The lowest BCUT2D eigenvalue weighted by Crippen LogP contribution is -2.11. The number of sulfone groups is 1. The molecule has 1 aromatic heterocycles. The Hall–Kier alpha value is -2.33. The van der Waals surface area contributed by atoms with Crippen molar-refractivity contribution in [1.82, 2.24) is 9.97 Å². The maximum Gasteiger partial charge on any atom is 0.247 e. The Labute approximate surface area is 128 Å². The van der Waals surface area contributed by atoms with Gasteiger partial charge in [-0.05, 0) is 30.2 Å². The minimum atomic E-state index is -3.63. The van der Waals surface area contributed by atoms with Crippen molar-refractivity contribution in [3.8, 4) is 17.3 Å². The fourth-order valence-electron chi connectivity index (χ4n) is 1.97. The van der Waals surface area contributed by atoms with Crippen LogP contribution in [0.25, 0.3) is 11.3 Å². The van der Waals surface area contributed by atoms with E-state index in [9.17, 15) is 18.1 Å². The molecule has 1 aromatic carbocycles. The Morgan fingerprint density at radius 1 is 1.18 bits per heavy atom. The third-order valence-corrected chi connectivity index (χ3v) is 3.87. The summed E-state index contributed by atoms with van der Waals surface area (Å²) in [6, 6.07) is 7.39. The van der Waals surface area contributed by atoms with Crippen LogP contribution in [0.1, 0.15) is 31.0 Å². The molecular formula is C15H14FN3O2S. The van der Waals surface area contributed by atoms with Crippen molar-refractivity contribution in [2.24, 2.45) is 0 Å². The zero-order chi connectivity index (χ0) is 16.5. The first-order chi connectivity index (χ1) is 10.2. The molecule has 0 spiro atoms. The quantitative estimate of drug-likeness (QED) is 0.812. The topological polar surface area (TPSA) is 83.7 Å². The Kier molecular flexibility index (Phi) is 4.24. The molecule has 0 bridgehead atoms. The summed E-state index contributed by atoms with van der Waals surface area (Å²) in [4.78, 5) is 8.04. The Morgan fingerprint density at radius 3 is 2.23 bits per heavy atom. The maximum atomic E-state index is 13.1. The number of aromatic nitrogens is 2. The van der Waals surface area contributed by atoms with E-state index in [0.717, 1.165) is 6.26 Å². The molecule has 2 aromatic rings. The summed E-state index contributed by atoms with van der Waals surface area (Å²) in [5.41, 5.74) is 1.22. The van der Waals surface area contributed by atoms with Gasteiger partial charge in [-0.15, -0.1) is 0 Å². The molecule has 0 atom stereocenters. The summed E-state index contributed by atoms with van der Waals surface area (Å²) < 4.78 is 36.6. The molecule has 0 saturated heterocycles. The van der Waals surface area contributed by atoms with Crippen LogP contribution in [0.3, 0.4) is 0 Å². The lowest BCUT2D eigenvalue weighted by molar-refractivity contribution is 0.590. The number of hydrogen-bond acceptors (Lipinski definition) is 5. The zero-order valence-corrected chi connectivity index (χ0v) is 13.1. The van der Waals surface area contributed by atoms with Crippen molar-refractivity contribution < 1.29 is 12.8 Å². The highest BCUT2D eigenvalue weighted by molar-refractivity contribution is 7.90. The van der Waals surface area contributed by atoms with Gasteiger partial charge in [0.2, 0.25) is 15.0 Å². The average Bonchev–Trinajstić information content (AvgIpc) is 2.45. The molecular weight excluding hydrogens is 305 g/mol. The van der Waals surface area contributed by atoms with Gasteiger partial charge in [0.15, 0.2) is 0 Å². The fourth-order valence-corrected chi connectivity index (χ4v) is 2.49. The van der Waals surface area contributed by atoms with E-state index in [2.05, 4.69) is 9.97 Å². The highest BCUT2D eigenvalue weighted by atomic mass is 32.2. The molecule has 7 heteroatoms. The van der Waals surface area contributed by atoms with E-state index in [4.69, 9.17) is 0 Å². The van der Waals surface area contributed by atoms with Gasteiger partial charge in [0.1, 0.15) is 17.4 Å². The lowest BCUT2D eigenvalue weighted by atomic mass is 9.99. The summed E-state index contributed by atoms with van der Waals surface area (Å²) >= 11 is 0. The van der Waals surface area contributed by atoms with E-state index >= 15 is 0 Å². The molecule has 0 amide bonds. The molecule has 0 aliphatic heterocycles. The predicted molar refractivity (Wildman–Crippen MR) is 79.3 cm³/mol. The van der Waals surface area contributed by atoms with Crippen molar-refractivity contribution in [2.75, 3.05) is 6.26 Å². The highest BCUT2D eigenvalue weighted by Gasteiger charge is 2.22. The number of hydrogen-bond donors (Lipinski definition) is 0. The van der Waals surface area contributed by atoms with Crippen LogP contribution in [0, 0.1) is 17.1 Å². The lowest BCUT2D eigenvalue weighted by Gasteiger charge is -2.12. The van der Waals surface area contributed by atoms with Gasteiger partial charge < -0.3 is 0 Å². The summed E-state index contributed by atoms with van der Waals surface area (Å²) in [6.45, 7) is 3.62. The average molecular weight is 319 g/mol. The Morgan fingerprint density at radius 2 is 1.77 bits per heavy atom. The standard InChI is InChI=1S/C15H14FN3O2S/c1-9(2)13-12(8-17)14(10-4-6-11(16)7-5-10)19-15(18-13)22(3,20)21/h4-7,9H,1-3H3. The van der Waals surface area contributed by atoms with Crippen molar-refractivity contribution in [3.63, 3.8) is 0 Å². The van der Waals surface area contributed by atoms with E-state index in [1.165, 1.54) is 24.3 Å². The second-order valence-corrected chi connectivity index (χ2v) is 7.07. The maximum absolute atomic E-state index is 13.1. The van der Waals surface area contributed by atoms with Crippen LogP contribution in [0.4, 0.5) is 4.39 Å². The minimum Gasteiger partial charge on any atom is -0.222 e. The normalized spacial score (nSPS) is 11.5. The fraction of sp³-hybridized carbons (Fsp3) is 0.267. The number of nitriles is 1. The summed E-state index contributed by atoms with van der Waals surface area (Å²) in [5, 5.41) is 9.07. The molecule has 2 rings (SSSR count). The molecule has 0 aliphatic carbocycles. The van der Waals surface area contributed by atoms with Crippen LogP contribution in [0.5, 0.6) is 0 Å². The van der Waals surface area contributed by atoms with Gasteiger partial charge in [-0.2, -0.15) is 5.26 Å². The van der Waals surface area contributed by atoms with E-state index in [1.807, 2.05) is 19.9 Å². The number of benzene rings is 1. The van der Waals surface area contributed by atoms with Gasteiger partial charge in [0.25, 0.3) is 0 Å². The van der Waals surface area contributed by atoms with Crippen molar-refractivity contribution in [1.29, 1.82) is 5.26 Å². The third-order valence-electron chi connectivity index (χ3n) is 3.02. The number of rotatable bonds is 3. The van der Waals surface area contributed by atoms with Gasteiger partial charge in [-0.3, -0.25) is 0 Å². The molecule has 0 radical (unpaired) electrons. The van der Waals surface area contributed by atoms with Crippen LogP contribution in [-0.4, -0.2) is 24.6 Å². The van der Waals surface area contributed by atoms with E-state index < -0.39 is 15.7 Å². The molecule has 0 saturated carbocycles. The Bertz CT molecular complexity index is 854. The molecule has 0 N–H and O–H groups in total. The SMILES string of the molecule is CC(C)c1nc(S(C)(=O)=O)nc(-c2ccc(F)cc2)c1C#N. The van der Waals surface area contributed by atoms with Crippen LogP contribution in [0.15, 0.2) is 29.4 Å². The molecule has 5 nitrogen and oxygen atoms in total. The molecule has 1 heterocycles. The molecule has 0 fully saturated rings. The van der Waals surface area contributed by atoms with Crippen LogP contribution in [0.2, 0.25) is 0 Å². The van der Waals surface area contributed by atoms with Crippen molar-refractivity contribution in [2.45, 2.75) is 24.9 Å². The second kappa shape index (κ2) is 5.81. The van der Waals surface area contributed by atoms with Crippen LogP contribution < -0.4 is 0 Å². The van der Waals surface area contributed by atoms with Gasteiger partial charge >= 0.3 is 0 Å². The smallest absolute Gasteiger partial charge is 0.222 e. The largest absolute Gasteiger partial charge is 0.247 e. The number of halogens is 1. The zero-order valence-electron chi connectivity index (χ0n) is 12.3. The first kappa shape index (κ1) is 16.0. The van der Waals surface area contributed by atoms with E-state index in [-0.39, 0.29) is 22.3 Å². The number of nitrogens with zero attached hydrogens (tertiary/aromatic N) is 3. The predicted octanol–water partition coefficient (Wildman–Crippen LogP) is 2.68. The molecule has 0 aliphatic rings. The Balaban J connectivity index is 2.84. The highest BCUT2D eigenvalue weighted by Crippen LogP contribution is 2.28. The van der Waals surface area contributed by atoms with Gasteiger partial charge in [0, 0.05) is 11.8 Å². The van der Waals surface area contributed by atoms with Crippen LogP contribution >= 0.6 is 0 Å². The first-order valence-electron chi connectivity index (χ1n) is 6.52. The van der Waals surface area contributed by atoms with E-state index in [1.54, 1.807) is 0 Å². The summed E-state index contributed by atoms with van der Waals surface area (Å²) in [6.07, 6.45) is 1.01. The third kappa shape index (κ3) is 3.12. The second-order valence-electron chi connectivity index (χ2n) is 5.16. The molecule has 0 unspecified atom stereocenters. The minimum absolute atomic E-state index is 0.155. The van der Waals surface area contributed by atoms with Crippen molar-refractivity contribution >= 4 is 9.84 Å². The summed E-state index contributed by atoms with van der Waals surface area (Å²) in [7, 11) is -3.63. The van der Waals surface area contributed by atoms with E-state index in [0.29, 0.717) is 11.3 Å². The first-order valence-corrected chi connectivity index (χ1v) is 8.41. The van der Waals surface area contributed by atoms with Gasteiger partial charge in [-0.1, -0.05) is 13.8 Å². The van der Waals surface area contributed by atoms with Gasteiger partial charge in [0.05, 0.1) is 11.4 Å². The van der Waals surface area contributed by atoms with Crippen LogP contribution in [-0.2, 0) is 9.84 Å². The summed E-state index contributed by atoms with van der Waals surface area (Å²) in [5.74, 6) is -0.582. The monoisotopic (exact) mass is 319 g/mol. The molecule has 22 heavy (non-hydrogen) atoms. The molecule has 114 valence electrons. The van der Waals surface area contributed by atoms with Gasteiger partial charge in [-0.25, -0.2) is 22.8 Å². The van der Waals surface area contributed by atoms with Crippen molar-refractivity contribution in [3.05, 3.63) is 41.3 Å².